The zero-order valence-electron chi connectivity index (χ0n) is 9.15. The van der Waals surface area contributed by atoms with Gasteiger partial charge in [-0.05, 0) is 24.8 Å². The Balaban J connectivity index is 2.03. The number of hydrogen-bond donors (Lipinski definition) is 0. The predicted octanol–water partition coefficient (Wildman–Crippen LogP) is 1.02. The average molecular weight is 201 g/mol. The minimum atomic E-state index is 0.200. The molecule has 0 N–H and O–H groups in total. The highest BCUT2D eigenvalue weighted by molar-refractivity contribution is 6.14. The van der Waals surface area contributed by atoms with E-state index in [1.165, 1.54) is 5.56 Å². The second-order valence-electron chi connectivity index (χ2n) is 4.29. The summed E-state index contributed by atoms with van der Waals surface area (Å²) in [6, 6.07) is 10.3. The molecule has 1 amide bonds. The van der Waals surface area contributed by atoms with Crippen molar-refractivity contribution in [2.75, 3.05) is 6.54 Å². The van der Waals surface area contributed by atoms with E-state index in [1.807, 2.05) is 31.0 Å². The minimum Gasteiger partial charge on any atom is -0.393 e. The van der Waals surface area contributed by atoms with Crippen molar-refractivity contribution in [1.82, 2.24) is 4.81 Å². The molecule has 2 rings (SSSR count). The van der Waals surface area contributed by atoms with E-state index in [4.69, 9.17) is 0 Å². The lowest BCUT2D eigenvalue weighted by atomic mass is 9.89. The summed E-state index contributed by atoms with van der Waals surface area (Å²) in [5, 5.41) is 0. The standard InChI is InChI=1S/C12H16BNO/c13-14-8-4-7-11(12(14)15)9-10-5-2-1-3-6-10/h1-3,5-6,11H,4,7-9,13H2. The Hall–Kier alpha value is -1.25. The molecule has 0 radical (unpaired) electrons. The van der Waals surface area contributed by atoms with Gasteiger partial charge in [0, 0.05) is 12.5 Å². The maximum atomic E-state index is 11.9. The van der Waals surface area contributed by atoms with Crippen LogP contribution in [0.1, 0.15) is 18.4 Å². The van der Waals surface area contributed by atoms with Gasteiger partial charge in [0.2, 0.25) is 13.9 Å². The van der Waals surface area contributed by atoms with Crippen LogP contribution in [-0.4, -0.2) is 25.2 Å². The van der Waals surface area contributed by atoms with Crippen molar-refractivity contribution >= 4 is 13.9 Å². The van der Waals surface area contributed by atoms with Crippen molar-refractivity contribution in [2.24, 2.45) is 5.92 Å². The van der Waals surface area contributed by atoms with Crippen LogP contribution in [0.5, 0.6) is 0 Å². The topological polar surface area (TPSA) is 20.3 Å². The van der Waals surface area contributed by atoms with Crippen LogP contribution in [0, 0.1) is 5.92 Å². The minimum absolute atomic E-state index is 0.200. The highest BCUT2D eigenvalue weighted by atomic mass is 16.2. The molecular weight excluding hydrogens is 185 g/mol. The monoisotopic (exact) mass is 201 g/mol. The molecule has 3 heteroatoms. The number of hydrogen-bond acceptors (Lipinski definition) is 1. The maximum Gasteiger partial charge on any atom is 0.221 e. The van der Waals surface area contributed by atoms with E-state index in [0.29, 0.717) is 5.91 Å². The van der Waals surface area contributed by atoms with Crippen LogP contribution in [-0.2, 0) is 11.2 Å². The van der Waals surface area contributed by atoms with Gasteiger partial charge in [-0.3, -0.25) is 4.79 Å². The van der Waals surface area contributed by atoms with Gasteiger partial charge in [-0.15, -0.1) is 0 Å². The first-order valence-corrected chi connectivity index (χ1v) is 5.56. The lowest BCUT2D eigenvalue weighted by Crippen LogP contribution is -2.40. The van der Waals surface area contributed by atoms with Gasteiger partial charge >= 0.3 is 0 Å². The van der Waals surface area contributed by atoms with Crippen molar-refractivity contribution in [2.45, 2.75) is 19.3 Å². The lowest BCUT2D eigenvalue weighted by Gasteiger charge is -2.29. The Morgan fingerprint density at radius 2 is 2.07 bits per heavy atom. The van der Waals surface area contributed by atoms with Crippen LogP contribution in [0.15, 0.2) is 30.3 Å². The first kappa shape index (κ1) is 10.3. The van der Waals surface area contributed by atoms with E-state index < -0.39 is 0 Å². The van der Waals surface area contributed by atoms with Crippen LogP contribution in [0.4, 0.5) is 0 Å². The summed E-state index contributed by atoms with van der Waals surface area (Å²) >= 11 is 0. The zero-order chi connectivity index (χ0) is 10.7. The fourth-order valence-corrected chi connectivity index (χ4v) is 2.21. The van der Waals surface area contributed by atoms with E-state index in [-0.39, 0.29) is 5.92 Å². The summed E-state index contributed by atoms with van der Waals surface area (Å²) < 4.78 is 0. The third-order valence-electron chi connectivity index (χ3n) is 3.10. The smallest absolute Gasteiger partial charge is 0.221 e. The molecule has 2 nitrogen and oxygen atoms in total. The first-order valence-electron chi connectivity index (χ1n) is 5.56. The van der Waals surface area contributed by atoms with Gasteiger partial charge in [-0.2, -0.15) is 0 Å². The fourth-order valence-electron chi connectivity index (χ4n) is 2.21. The van der Waals surface area contributed by atoms with E-state index in [0.717, 1.165) is 25.8 Å². The second kappa shape index (κ2) is 4.52. The van der Waals surface area contributed by atoms with Crippen molar-refractivity contribution in [3.05, 3.63) is 35.9 Å². The Morgan fingerprint density at radius 3 is 2.80 bits per heavy atom. The molecule has 1 aliphatic rings. The van der Waals surface area contributed by atoms with Gasteiger partial charge in [-0.25, -0.2) is 0 Å². The molecular formula is C12H16BNO. The quantitative estimate of drug-likeness (QED) is 0.654. The van der Waals surface area contributed by atoms with E-state index in [9.17, 15) is 4.79 Å². The number of amides is 1. The molecule has 78 valence electrons. The Morgan fingerprint density at radius 1 is 1.33 bits per heavy atom. The number of rotatable bonds is 2. The molecule has 1 heterocycles. The zero-order valence-corrected chi connectivity index (χ0v) is 9.15. The molecule has 0 spiro atoms. The summed E-state index contributed by atoms with van der Waals surface area (Å²) in [5.74, 6) is 0.510. The Bertz CT molecular complexity index is 339. The van der Waals surface area contributed by atoms with Crippen molar-refractivity contribution in [1.29, 1.82) is 0 Å². The number of nitrogens with zero attached hydrogens (tertiary/aromatic N) is 1. The largest absolute Gasteiger partial charge is 0.393 e. The average Bonchev–Trinajstić information content (AvgIpc) is 2.26. The molecule has 1 aliphatic heterocycles. The third-order valence-corrected chi connectivity index (χ3v) is 3.10. The molecule has 1 saturated heterocycles. The molecule has 1 aromatic rings. The van der Waals surface area contributed by atoms with Gasteiger partial charge in [0.25, 0.3) is 0 Å². The molecule has 0 saturated carbocycles. The first-order chi connectivity index (χ1) is 7.27. The summed E-state index contributed by atoms with van der Waals surface area (Å²) in [6.45, 7) is 0.921. The molecule has 0 aromatic heterocycles. The molecule has 1 unspecified atom stereocenters. The summed E-state index contributed by atoms with van der Waals surface area (Å²) in [6.07, 6.45) is 3.07. The SMILES string of the molecule is BN1CCCC(Cc2ccccc2)C1=O. The van der Waals surface area contributed by atoms with E-state index in [1.54, 1.807) is 0 Å². The van der Waals surface area contributed by atoms with Crippen LogP contribution in [0.3, 0.4) is 0 Å². The number of benzene rings is 1. The van der Waals surface area contributed by atoms with Crippen LogP contribution >= 0.6 is 0 Å². The lowest BCUT2D eigenvalue weighted by molar-refractivity contribution is -0.133. The third kappa shape index (κ3) is 2.41. The van der Waals surface area contributed by atoms with Crippen molar-refractivity contribution in [3.63, 3.8) is 0 Å². The van der Waals surface area contributed by atoms with Crippen molar-refractivity contribution in [3.8, 4) is 0 Å². The van der Waals surface area contributed by atoms with Gasteiger partial charge < -0.3 is 4.81 Å². The maximum absolute atomic E-state index is 11.9. The van der Waals surface area contributed by atoms with Gasteiger partial charge in [0.15, 0.2) is 0 Å². The Kier molecular flexibility index (Phi) is 3.09. The van der Waals surface area contributed by atoms with Gasteiger partial charge in [0.05, 0.1) is 0 Å². The van der Waals surface area contributed by atoms with Crippen LogP contribution < -0.4 is 0 Å². The molecule has 0 bridgehead atoms. The summed E-state index contributed by atoms with van der Waals surface area (Å²) in [5.41, 5.74) is 1.27. The molecule has 15 heavy (non-hydrogen) atoms. The summed E-state index contributed by atoms with van der Waals surface area (Å²) in [7, 11) is 1.90. The highest BCUT2D eigenvalue weighted by Crippen LogP contribution is 2.20. The molecule has 1 atom stereocenters. The number of piperidine rings is 1. The van der Waals surface area contributed by atoms with E-state index in [2.05, 4.69) is 12.1 Å². The number of carbonyl (C=O) groups excluding carboxylic acids is 1. The number of carbonyl (C=O) groups is 1. The van der Waals surface area contributed by atoms with E-state index >= 15 is 0 Å². The van der Waals surface area contributed by atoms with Crippen LogP contribution in [0.25, 0.3) is 0 Å². The van der Waals surface area contributed by atoms with Gasteiger partial charge in [0.1, 0.15) is 0 Å². The predicted molar refractivity (Wildman–Crippen MR) is 63.1 cm³/mol. The molecule has 1 aromatic carbocycles. The fraction of sp³-hybridized carbons (Fsp3) is 0.417. The summed E-state index contributed by atoms with van der Waals surface area (Å²) in [4.78, 5) is 13.7. The highest BCUT2D eigenvalue weighted by Gasteiger charge is 2.25. The van der Waals surface area contributed by atoms with Gasteiger partial charge in [-0.1, -0.05) is 30.3 Å². The Labute approximate surface area is 91.7 Å². The van der Waals surface area contributed by atoms with Crippen molar-refractivity contribution < 1.29 is 4.79 Å². The molecule has 1 fully saturated rings. The normalized spacial score (nSPS) is 21.7. The van der Waals surface area contributed by atoms with Crippen LogP contribution in [0.2, 0.25) is 0 Å². The second-order valence-corrected chi connectivity index (χ2v) is 4.29. The molecule has 0 aliphatic carbocycles.